The third-order valence-corrected chi connectivity index (χ3v) is 5.70. The van der Waals surface area contributed by atoms with Crippen molar-refractivity contribution in [3.8, 4) is 0 Å². The number of aromatic nitrogens is 1. The summed E-state index contributed by atoms with van der Waals surface area (Å²) in [6.45, 7) is 4.23. The standard InChI is InChI=1S/C14H22N2O4S/c1-9-4-5-12(10(2)6-9)15-21(19,20)11-7-13(14(17)18)16(3)8-11/h7-10,12,15H,4-6H2,1-3H3,(H,17,18). The molecule has 21 heavy (non-hydrogen) atoms. The fourth-order valence-corrected chi connectivity index (χ4v) is 4.45. The van der Waals surface area contributed by atoms with Crippen molar-refractivity contribution in [1.82, 2.24) is 9.29 Å². The minimum atomic E-state index is -3.68. The Labute approximate surface area is 125 Å². The summed E-state index contributed by atoms with van der Waals surface area (Å²) in [6, 6.07) is 1.11. The van der Waals surface area contributed by atoms with Crippen LogP contribution in [0, 0.1) is 11.8 Å². The number of aryl methyl sites for hydroxylation is 1. The van der Waals surface area contributed by atoms with Crippen molar-refractivity contribution in [1.29, 1.82) is 0 Å². The van der Waals surface area contributed by atoms with E-state index in [-0.39, 0.29) is 22.5 Å². The van der Waals surface area contributed by atoms with Crippen LogP contribution in [-0.2, 0) is 17.1 Å². The van der Waals surface area contributed by atoms with Crippen LogP contribution in [0.1, 0.15) is 43.6 Å². The van der Waals surface area contributed by atoms with E-state index >= 15 is 0 Å². The van der Waals surface area contributed by atoms with Gasteiger partial charge < -0.3 is 9.67 Å². The molecule has 0 aromatic carbocycles. The highest BCUT2D eigenvalue weighted by Gasteiger charge is 2.30. The zero-order valence-electron chi connectivity index (χ0n) is 12.5. The molecule has 0 saturated heterocycles. The maximum absolute atomic E-state index is 12.4. The molecule has 1 aliphatic rings. The van der Waals surface area contributed by atoms with Gasteiger partial charge in [-0.1, -0.05) is 13.8 Å². The van der Waals surface area contributed by atoms with Crippen LogP contribution in [-0.4, -0.2) is 30.1 Å². The lowest BCUT2D eigenvalue weighted by Gasteiger charge is -2.32. The van der Waals surface area contributed by atoms with E-state index in [1.807, 2.05) is 0 Å². The largest absolute Gasteiger partial charge is 0.477 e. The van der Waals surface area contributed by atoms with Gasteiger partial charge >= 0.3 is 5.97 Å². The molecule has 0 radical (unpaired) electrons. The molecule has 3 unspecified atom stereocenters. The number of carboxylic acids is 1. The highest BCUT2D eigenvalue weighted by atomic mass is 32.2. The second-order valence-electron chi connectivity index (χ2n) is 6.10. The molecular formula is C14H22N2O4S. The van der Waals surface area contributed by atoms with Gasteiger partial charge in [-0.15, -0.1) is 0 Å². The number of carbonyl (C=O) groups is 1. The Morgan fingerprint density at radius 1 is 1.38 bits per heavy atom. The molecule has 6 nitrogen and oxygen atoms in total. The monoisotopic (exact) mass is 314 g/mol. The lowest BCUT2D eigenvalue weighted by atomic mass is 9.80. The molecule has 0 amide bonds. The van der Waals surface area contributed by atoms with E-state index in [1.165, 1.54) is 23.9 Å². The zero-order valence-corrected chi connectivity index (χ0v) is 13.4. The maximum atomic E-state index is 12.4. The van der Waals surface area contributed by atoms with Crippen molar-refractivity contribution < 1.29 is 18.3 Å². The average Bonchev–Trinajstić information content (AvgIpc) is 2.76. The first-order valence-corrected chi connectivity index (χ1v) is 8.61. The third-order valence-electron chi connectivity index (χ3n) is 4.25. The van der Waals surface area contributed by atoms with Gasteiger partial charge in [-0.3, -0.25) is 0 Å². The summed E-state index contributed by atoms with van der Waals surface area (Å²) in [6.07, 6.45) is 4.16. The molecule has 2 N–H and O–H groups in total. The SMILES string of the molecule is CC1CCC(NS(=O)(=O)c2cc(C(=O)O)n(C)c2)C(C)C1. The number of hydrogen-bond acceptors (Lipinski definition) is 3. The smallest absolute Gasteiger partial charge is 0.352 e. The van der Waals surface area contributed by atoms with E-state index in [0.717, 1.165) is 19.3 Å². The fourth-order valence-electron chi connectivity index (χ4n) is 3.00. The van der Waals surface area contributed by atoms with Gasteiger partial charge in [0.2, 0.25) is 10.0 Å². The summed E-state index contributed by atoms with van der Waals surface area (Å²) in [7, 11) is -2.16. The van der Waals surface area contributed by atoms with E-state index in [1.54, 1.807) is 0 Å². The number of sulfonamides is 1. The molecule has 1 heterocycles. The summed E-state index contributed by atoms with van der Waals surface area (Å²) >= 11 is 0. The summed E-state index contributed by atoms with van der Waals surface area (Å²) in [5.74, 6) is -0.235. The van der Waals surface area contributed by atoms with Crippen LogP contribution in [0.4, 0.5) is 0 Å². The van der Waals surface area contributed by atoms with Crippen molar-refractivity contribution >= 4 is 16.0 Å². The maximum Gasteiger partial charge on any atom is 0.352 e. The predicted octanol–water partition coefficient (Wildman–Crippen LogP) is 1.83. The summed E-state index contributed by atoms with van der Waals surface area (Å²) in [4.78, 5) is 11.0. The number of carboxylic acid groups (broad SMARTS) is 1. The number of nitrogens with zero attached hydrogens (tertiary/aromatic N) is 1. The highest BCUT2D eigenvalue weighted by Crippen LogP contribution is 2.29. The van der Waals surface area contributed by atoms with Crippen LogP contribution in [0.5, 0.6) is 0 Å². The van der Waals surface area contributed by atoms with Gasteiger partial charge in [-0.2, -0.15) is 0 Å². The van der Waals surface area contributed by atoms with Gasteiger partial charge in [0.15, 0.2) is 0 Å². The first-order valence-electron chi connectivity index (χ1n) is 7.12. The van der Waals surface area contributed by atoms with Crippen molar-refractivity contribution in [2.75, 3.05) is 0 Å². The average molecular weight is 314 g/mol. The molecule has 1 aliphatic carbocycles. The molecule has 1 aromatic rings. The number of aromatic carboxylic acids is 1. The van der Waals surface area contributed by atoms with E-state index in [4.69, 9.17) is 5.11 Å². The van der Waals surface area contributed by atoms with Crippen LogP contribution in [0.3, 0.4) is 0 Å². The van der Waals surface area contributed by atoms with Crippen LogP contribution < -0.4 is 4.72 Å². The quantitative estimate of drug-likeness (QED) is 0.887. The van der Waals surface area contributed by atoms with E-state index in [9.17, 15) is 13.2 Å². The second kappa shape index (κ2) is 5.81. The molecule has 1 saturated carbocycles. The Morgan fingerprint density at radius 2 is 2.05 bits per heavy atom. The molecule has 0 spiro atoms. The van der Waals surface area contributed by atoms with Crippen LogP contribution in [0.25, 0.3) is 0 Å². The molecule has 0 aliphatic heterocycles. The summed E-state index contributed by atoms with van der Waals surface area (Å²) in [5, 5.41) is 9.00. The van der Waals surface area contributed by atoms with E-state index in [2.05, 4.69) is 18.6 Å². The summed E-state index contributed by atoms with van der Waals surface area (Å²) in [5.41, 5.74) is -0.0410. The van der Waals surface area contributed by atoms with Gasteiger partial charge in [0, 0.05) is 19.3 Å². The van der Waals surface area contributed by atoms with E-state index in [0.29, 0.717) is 5.92 Å². The minimum Gasteiger partial charge on any atom is -0.477 e. The molecule has 1 fully saturated rings. The molecule has 1 aromatic heterocycles. The molecule has 2 rings (SSSR count). The fraction of sp³-hybridized carbons (Fsp3) is 0.643. The van der Waals surface area contributed by atoms with Crippen molar-refractivity contribution in [2.45, 2.75) is 44.0 Å². The van der Waals surface area contributed by atoms with Crippen molar-refractivity contribution in [3.63, 3.8) is 0 Å². The van der Waals surface area contributed by atoms with Gasteiger partial charge in [-0.25, -0.2) is 17.9 Å². The van der Waals surface area contributed by atoms with Crippen molar-refractivity contribution in [2.24, 2.45) is 18.9 Å². The third kappa shape index (κ3) is 3.47. The second-order valence-corrected chi connectivity index (χ2v) is 7.81. The van der Waals surface area contributed by atoms with Gasteiger partial charge in [0.05, 0.1) is 0 Å². The Bertz CT molecular complexity index is 635. The zero-order chi connectivity index (χ0) is 15.8. The van der Waals surface area contributed by atoms with Crippen LogP contribution >= 0.6 is 0 Å². The van der Waals surface area contributed by atoms with Crippen LogP contribution in [0.2, 0.25) is 0 Å². The highest BCUT2D eigenvalue weighted by molar-refractivity contribution is 7.89. The molecule has 3 atom stereocenters. The summed E-state index contributed by atoms with van der Waals surface area (Å²) < 4.78 is 28.8. The Balaban J connectivity index is 2.19. The van der Waals surface area contributed by atoms with E-state index < -0.39 is 16.0 Å². The minimum absolute atomic E-state index is 0.00761. The number of nitrogens with one attached hydrogen (secondary N) is 1. The van der Waals surface area contributed by atoms with Crippen LogP contribution in [0.15, 0.2) is 17.2 Å². The molecule has 7 heteroatoms. The Hall–Kier alpha value is -1.34. The molecular weight excluding hydrogens is 292 g/mol. The molecule has 118 valence electrons. The molecule has 0 bridgehead atoms. The predicted molar refractivity (Wildman–Crippen MR) is 78.7 cm³/mol. The van der Waals surface area contributed by atoms with Gasteiger partial charge in [0.1, 0.15) is 10.6 Å². The Morgan fingerprint density at radius 3 is 2.57 bits per heavy atom. The number of hydrogen-bond donors (Lipinski definition) is 2. The van der Waals surface area contributed by atoms with Crippen molar-refractivity contribution in [3.05, 3.63) is 18.0 Å². The Kier molecular flexibility index (Phi) is 4.43. The first-order chi connectivity index (χ1) is 9.70. The first kappa shape index (κ1) is 16.0. The van der Waals surface area contributed by atoms with Gasteiger partial charge in [-0.05, 0) is 37.2 Å². The van der Waals surface area contributed by atoms with Gasteiger partial charge in [0.25, 0.3) is 0 Å². The lowest BCUT2D eigenvalue weighted by Crippen LogP contribution is -2.42. The lowest BCUT2D eigenvalue weighted by molar-refractivity contribution is 0.0686. The number of rotatable bonds is 4. The normalized spacial score (nSPS) is 26.7. The topological polar surface area (TPSA) is 88.4 Å².